The maximum absolute atomic E-state index is 12.4. The lowest BCUT2D eigenvalue weighted by molar-refractivity contribution is -0.145. The molecule has 16 heteroatoms. The molecule has 0 saturated heterocycles. The molecule has 0 heterocycles. The first-order chi connectivity index (χ1) is 28.2. The molecule has 0 aliphatic heterocycles. The van der Waals surface area contributed by atoms with Crippen molar-refractivity contribution in [2.75, 3.05) is 52.7 Å². The molecule has 0 saturated carbocycles. The maximum Gasteiger partial charge on any atom is 0.407 e. The van der Waals surface area contributed by atoms with Crippen LogP contribution in [0.5, 0.6) is 0 Å². The predicted molar refractivity (Wildman–Crippen MR) is 221 cm³/mol. The van der Waals surface area contributed by atoms with E-state index < -0.39 is 48.4 Å². The van der Waals surface area contributed by atoms with E-state index in [2.05, 4.69) is 48.3 Å². The third-order valence-corrected chi connectivity index (χ3v) is 8.68. The van der Waals surface area contributed by atoms with Crippen molar-refractivity contribution in [3.8, 4) is 0 Å². The molecular formula is C42H74N4O12. The smallest absolute Gasteiger partial charge is 0.407 e. The highest BCUT2D eigenvalue weighted by atomic mass is 16.6. The Morgan fingerprint density at radius 3 is 1.12 bits per heavy atom. The molecule has 0 radical (unpaired) electrons. The van der Waals surface area contributed by atoms with Crippen LogP contribution in [0, 0.1) is 0 Å². The molecule has 58 heavy (non-hydrogen) atoms. The highest BCUT2D eigenvalue weighted by Crippen LogP contribution is 2.09. The normalized spacial score (nSPS) is 11.6. The number of unbranched alkanes of at least 4 members (excludes halogenated alkanes) is 13. The van der Waals surface area contributed by atoms with Crippen LogP contribution in [-0.2, 0) is 38.0 Å². The Bertz CT molecular complexity index is 1050. The minimum atomic E-state index is -0.883. The summed E-state index contributed by atoms with van der Waals surface area (Å²) in [6.07, 6.45) is 16.8. The van der Waals surface area contributed by atoms with E-state index in [1.54, 1.807) is 0 Å². The monoisotopic (exact) mass is 827 g/mol. The molecule has 0 fully saturated rings. The van der Waals surface area contributed by atoms with Crippen molar-refractivity contribution in [1.82, 2.24) is 21.3 Å². The van der Waals surface area contributed by atoms with Crippen LogP contribution in [0.4, 0.5) is 19.2 Å². The minimum absolute atomic E-state index is 0.0240. The topological polar surface area (TPSA) is 206 Å². The zero-order chi connectivity index (χ0) is 42.9. The van der Waals surface area contributed by atoms with Crippen LogP contribution in [0.25, 0.3) is 0 Å². The van der Waals surface area contributed by atoms with Crippen LogP contribution in [-0.4, -0.2) is 101 Å². The van der Waals surface area contributed by atoms with Gasteiger partial charge in [-0.15, -0.1) is 0 Å². The Kier molecular flexibility index (Phi) is 36.3. The van der Waals surface area contributed by atoms with Gasteiger partial charge in [-0.1, -0.05) is 103 Å². The highest BCUT2D eigenvalue weighted by molar-refractivity contribution is 5.82. The Hall–Kier alpha value is -4.50. The van der Waals surface area contributed by atoms with E-state index in [-0.39, 0.29) is 39.6 Å². The standard InChI is InChI=1S/C42H74N4O12/c1-5-9-11-13-15-21-31-57-41(51)45-35(37(47)53-29-7-3)25-17-19-27-43-39(49)55-33-23-24-34-56-40(50)44-28-20-18-26-36(38(48)54-30-8-4)46-42(52)58-32-22-16-14-12-10-6-2/h7-8,35-36H,3-6,9-34H2,1-2H3,(H,43,49)(H,44,50)(H,45,51)(H,46,52). The molecule has 0 spiro atoms. The average molecular weight is 827 g/mol. The summed E-state index contributed by atoms with van der Waals surface area (Å²) in [7, 11) is 0. The Morgan fingerprint density at radius 2 is 0.759 bits per heavy atom. The van der Waals surface area contributed by atoms with E-state index >= 15 is 0 Å². The summed E-state index contributed by atoms with van der Waals surface area (Å²) < 4.78 is 31.0. The maximum atomic E-state index is 12.4. The van der Waals surface area contributed by atoms with E-state index in [4.69, 9.17) is 28.4 Å². The average Bonchev–Trinajstić information content (AvgIpc) is 3.21. The predicted octanol–water partition coefficient (Wildman–Crippen LogP) is 7.93. The molecule has 16 nitrogen and oxygen atoms in total. The lowest BCUT2D eigenvalue weighted by Gasteiger charge is -2.17. The van der Waals surface area contributed by atoms with Gasteiger partial charge >= 0.3 is 36.3 Å². The number of nitrogens with one attached hydrogen (secondary N) is 4. The Labute approximate surface area is 346 Å². The molecule has 0 aliphatic carbocycles. The van der Waals surface area contributed by atoms with Gasteiger partial charge in [0.1, 0.15) is 25.3 Å². The van der Waals surface area contributed by atoms with Crippen molar-refractivity contribution in [2.24, 2.45) is 0 Å². The van der Waals surface area contributed by atoms with E-state index in [1.807, 2.05) is 0 Å². The van der Waals surface area contributed by atoms with Crippen molar-refractivity contribution < 1.29 is 57.2 Å². The second-order valence-electron chi connectivity index (χ2n) is 13.9. The Balaban J connectivity index is 4.16. The molecule has 4 N–H and O–H groups in total. The van der Waals surface area contributed by atoms with Crippen LogP contribution in [0.3, 0.4) is 0 Å². The molecule has 2 unspecified atom stereocenters. The van der Waals surface area contributed by atoms with Gasteiger partial charge in [0.25, 0.3) is 0 Å². The van der Waals surface area contributed by atoms with E-state index in [1.165, 1.54) is 25.0 Å². The van der Waals surface area contributed by atoms with Crippen LogP contribution >= 0.6 is 0 Å². The first-order valence-corrected chi connectivity index (χ1v) is 21.4. The van der Waals surface area contributed by atoms with Crippen molar-refractivity contribution >= 4 is 36.3 Å². The fourth-order valence-electron chi connectivity index (χ4n) is 5.41. The fraction of sp³-hybridized carbons (Fsp3) is 0.762. The van der Waals surface area contributed by atoms with E-state index in [9.17, 15) is 28.8 Å². The molecule has 0 rings (SSSR count). The van der Waals surface area contributed by atoms with E-state index in [0.717, 1.165) is 64.2 Å². The van der Waals surface area contributed by atoms with Gasteiger partial charge in [0.05, 0.1) is 26.4 Å². The van der Waals surface area contributed by atoms with Gasteiger partial charge in [-0.05, 0) is 64.2 Å². The second-order valence-corrected chi connectivity index (χ2v) is 13.9. The van der Waals surface area contributed by atoms with Gasteiger partial charge in [0.2, 0.25) is 0 Å². The molecule has 334 valence electrons. The third kappa shape index (κ3) is 33.6. The van der Waals surface area contributed by atoms with Gasteiger partial charge in [0, 0.05) is 13.1 Å². The minimum Gasteiger partial charge on any atom is -0.460 e. The first-order valence-electron chi connectivity index (χ1n) is 21.4. The van der Waals surface area contributed by atoms with Crippen LogP contribution in [0.15, 0.2) is 25.3 Å². The van der Waals surface area contributed by atoms with Crippen LogP contribution < -0.4 is 21.3 Å². The van der Waals surface area contributed by atoms with E-state index in [0.29, 0.717) is 64.5 Å². The summed E-state index contributed by atoms with van der Waals surface area (Å²) in [6.45, 7) is 12.9. The number of esters is 2. The number of carbonyl (C=O) groups is 6. The number of amides is 4. The second kappa shape index (κ2) is 39.3. The molecule has 4 amide bonds. The number of ether oxygens (including phenoxy) is 6. The number of hydrogen-bond donors (Lipinski definition) is 4. The van der Waals surface area contributed by atoms with Gasteiger partial charge in [-0.25, -0.2) is 28.8 Å². The summed E-state index contributed by atoms with van der Waals surface area (Å²) in [5.41, 5.74) is 0. The van der Waals surface area contributed by atoms with Crippen molar-refractivity contribution in [1.29, 1.82) is 0 Å². The number of alkyl carbamates (subject to hydrolysis) is 4. The highest BCUT2D eigenvalue weighted by Gasteiger charge is 2.23. The summed E-state index contributed by atoms with van der Waals surface area (Å²) in [5.74, 6) is -1.16. The van der Waals surface area contributed by atoms with Gasteiger partial charge < -0.3 is 49.7 Å². The van der Waals surface area contributed by atoms with Crippen LogP contribution in [0.1, 0.15) is 142 Å². The van der Waals surface area contributed by atoms with Gasteiger partial charge in [0.15, 0.2) is 0 Å². The number of rotatable bonds is 37. The van der Waals surface area contributed by atoms with Crippen molar-refractivity contribution in [3.63, 3.8) is 0 Å². The molecular weight excluding hydrogens is 752 g/mol. The summed E-state index contributed by atoms with van der Waals surface area (Å²) in [4.78, 5) is 73.5. The lowest BCUT2D eigenvalue weighted by Crippen LogP contribution is -2.42. The molecule has 0 aromatic rings. The Morgan fingerprint density at radius 1 is 0.431 bits per heavy atom. The molecule has 2 atom stereocenters. The van der Waals surface area contributed by atoms with Crippen molar-refractivity contribution in [3.05, 3.63) is 25.3 Å². The molecule has 0 aliphatic rings. The molecule has 0 bridgehead atoms. The van der Waals surface area contributed by atoms with Crippen LogP contribution in [0.2, 0.25) is 0 Å². The third-order valence-electron chi connectivity index (χ3n) is 8.68. The largest absolute Gasteiger partial charge is 0.460 e. The lowest BCUT2D eigenvalue weighted by atomic mass is 10.1. The number of carbonyl (C=O) groups excluding carboxylic acids is 6. The zero-order valence-electron chi connectivity index (χ0n) is 35.4. The summed E-state index contributed by atoms with van der Waals surface area (Å²) in [6, 6.07) is -1.77. The number of hydrogen-bond acceptors (Lipinski definition) is 12. The molecule has 0 aromatic heterocycles. The van der Waals surface area contributed by atoms with Crippen molar-refractivity contribution in [2.45, 2.75) is 154 Å². The summed E-state index contributed by atoms with van der Waals surface area (Å²) in [5, 5.41) is 10.5. The van der Waals surface area contributed by atoms with Gasteiger partial charge in [-0.3, -0.25) is 0 Å². The van der Waals surface area contributed by atoms with Gasteiger partial charge in [-0.2, -0.15) is 0 Å². The SMILES string of the molecule is C=CCOC(=O)C(CCCCNC(=O)OCCCCOC(=O)NCCCCC(NC(=O)OCCCCCCCC)C(=O)OCC=C)NC(=O)OCCCCCCCC. The molecule has 0 aromatic carbocycles. The summed E-state index contributed by atoms with van der Waals surface area (Å²) >= 11 is 0. The first kappa shape index (κ1) is 53.5. The zero-order valence-corrected chi connectivity index (χ0v) is 35.4. The quantitative estimate of drug-likeness (QED) is 0.0204. The fourth-order valence-corrected chi connectivity index (χ4v) is 5.41.